The maximum atomic E-state index is 7.46. The minimum atomic E-state index is 0.162. The van der Waals surface area contributed by atoms with Gasteiger partial charge in [-0.2, -0.15) is 0 Å². The molecule has 2 fully saturated rings. The van der Waals surface area contributed by atoms with Crippen molar-refractivity contribution < 1.29 is 0 Å². The van der Waals surface area contributed by atoms with Crippen molar-refractivity contribution in [1.82, 2.24) is 4.90 Å². The molecule has 0 spiro atoms. The van der Waals surface area contributed by atoms with Gasteiger partial charge in [-0.3, -0.25) is 10.3 Å². The van der Waals surface area contributed by atoms with Crippen LogP contribution < -0.4 is 5.73 Å². The van der Waals surface area contributed by atoms with Crippen molar-refractivity contribution in [2.75, 3.05) is 6.54 Å². The van der Waals surface area contributed by atoms with Crippen LogP contribution in [0, 0.1) is 11.3 Å². The molecule has 2 atom stereocenters. The summed E-state index contributed by atoms with van der Waals surface area (Å²) in [6.45, 7) is 2.28. The van der Waals surface area contributed by atoms with Gasteiger partial charge in [-0.05, 0) is 36.8 Å². The molecule has 1 aromatic rings. The summed E-state index contributed by atoms with van der Waals surface area (Å²) in [7, 11) is 0. The number of nitrogens with zero attached hydrogens (tertiary/aromatic N) is 1. The summed E-state index contributed by atoms with van der Waals surface area (Å²) < 4.78 is 0. The molecule has 0 amide bonds. The fourth-order valence-electron chi connectivity index (χ4n) is 3.29. The predicted octanol–water partition coefficient (Wildman–Crippen LogP) is 1.95. The summed E-state index contributed by atoms with van der Waals surface area (Å²) in [5, 5.41) is 7.46. The van der Waals surface area contributed by atoms with E-state index < -0.39 is 0 Å². The molecule has 3 N–H and O–H groups in total. The highest BCUT2D eigenvalue weighted by Gasteiger charge is 2.37. The van der Waals surface area contributed by atoms with Crippen LogP contribution in [0.2, 0.25) is 0 Å². The van der Waals surface area contributed by atoms with Gasteiger partial charge in [0, 0.05) is 24.7 Å². The third-order valence-electron chi connectivity index (χ3n) is 4.15. The van der Waals surface area contributed by atoms with E-state index in [-0.39, 0.29) is 5.84 Å². The molecule has 1 aliphatic carbocycles. The molecule has 0 aromatic heterocycles. The average Bonchev–Trinajstić information content (AvgIpc) is 2.91. The van der Waals surface area contributed by atoms with Crippen LogP contribution >= 0.6 is 0 Å². The van der Waals surface area contributed by atoms with Gasteiger partial charge in [0.1, 0.15) is 5.84 Å². The molecule has 0 radical (unpaired) electrons. The van der Waals surface area contributed by atoms with Crippen LogP contribution in [0.3, 0.4) is 0 Å². The first-order chi connectivity index (χ1) is 8.22. The van der Waals surface area contributed by atoms with Crippen LogP contribution in [0.5, 0.6) is 0 Å². The lowest BCUT2D eigenvalue weighted by Crippen LogP contribution is -2.31. The quantitative estimate of drug-likeness (QED) is 0.615. The first kappa shape index (κ1) is 10.8. The van der Waals surface area contributed by atoms with Gasteiger partial charge < -0.3 is 5.73 Å². The molecule has 2 bridgehead atoms. The third-order valence-corrected chi connectivity index (χ3v) is 4.15. The van der Waals surface area contributed by atoms with Crippen LogP contribution in [0.4, 0.5) is 0 Å². The molecule has 1 heterocycles. The number of amidine groups is 1. The number of nitrogens with two attached hydrogens (primary N) is 1. The van der Waals surface area contributed by atoms with Crippen molar-refractivity contribution in [3.05, 3.63) is 35.4 Å². The number of hydrogen-bond acceptors (Lipinski definition) is 2. The van der Waals surface area contributed by atoms with E-state index in [1.807, 2.05) is 18.2 Å². The number of nitrogen functional groups attached to an aromatic ring is 1. The summed E-state index contributed by atoms with van der Waals surface area (Å²) in [5.74, 6) is 1.10. The highest BCUT2D eigenvalue weighted by molar-refractivity contribution is 5.95. The number of benzene rings is 1. The van der Waals surface area contributed by atoms with E-state index in [4.69, 9.17) is 11.1 Å². The largest absolute Gasteiger partial charge is 0.384 e. The van der Waals surface area contributed by atoms with Crippen molar-refractivity contribution in [2.45, 2.75) is 31.8 Å². The second kappa shape index (κ2) is 4.15. The average molecular weight is 229 g/mol. The first-order valence-electron chi connectivity index (χ1n) is 6.40. The van der Waals surface area contributed by atoms with Crippen LogP contribution in [0.25, 0.3) is 0 Å². The summed E-state index contributed by atoms with van der Waals surface area (Å²) in [6.07, 6.45) is 4.19. The monoisotopic (exact) mass is 229 g/mol. The van der Waals surface area contributed by atoms with E-state index in [0.29, 0.717) is 0 Å². The van der Waals surface area contributed by atoms with Gasteiger partial charge >= 0.3 is 0 Å². The number of fused-ring (bicyclic) bond motifs is 2. The minimum absolute atomic E-state index is 0.162. The Morgan fingerprint density at radius 3 is 2.94 bits per heavy atom. The second-order valence-corrected chi connectivity index (χ2v) is 5.38. The molecule has 1 aromatic carbocycles. The Morgan fingerprint density at radius 2 is 2.29 bits per heavy atom. The van der Waals surface area contributed by atoms with Gasteiger partial charge in [-0.25, -0.2) is 0 Å². The highest BCUT2D eigenvalue weighted by Crippen LogP contribution is 2.38. The number of rotatable bonds is 3. The van der Waals surface area contributed by atoms with E-state index in [0.717, 1.165) is 24.1 Å². The van der Waals surface area contributed by atoms with Gasteiger partial charge in [0.15, 0.2) is 0 Å². The summed E-state index contributed by atoms with van der Waals surface area (Å²) in [6, 6.07) is 8.90. The van der Waals surface area contributed by atoms with E-state index >= 15 is 0 Å². The lowest BCUT2D eigenvalue weighted by atomic mass is 10.1. The van der Waals surface area contributed by atoms with Crippen molar-refractivity contribution in [3.63, 3.8) is 0 Å². The maximum absolute atomic E-state index is 7.46. The summed E-state index contributed by atoms with van der Waals surface area (Å²) >= 11 is 0. The van der Waals surface area contributed by atoms with Crippen LogP contribution in [-0.4, -0.2) is 23.3 Å². The SMILES string of the molecule is N=C(N)c1cccc(CN2CC3CCC2C3)c1. The maximum Gasteiger partial charge on any atom is 0.122 e. The zero-order valence-corrected chi connectivity index (χ0v) is 10.0. The Bertz CT molecular complexity index is 441. The molecule has 1 aliphatic heterocycles. The smallest absolute Gasteiger partial charge is 0.122 e. The number of piperidine rings is 1. The topological polar surface area (TPSA) is 53.1 Å². The zero-order valence-electron chi connectivity index (χ0n) is 10.0. The van der Waals surface area contributed by atoms with E-state index in [9.17, 15) is 0 Å². The minimum Gasteiger partial charge on any atom is -0.384 e. The fraction of sp³-hybridized carbons (Fsp3) is 0.500. The number of nitrogens with one attached hydrogen (secondary N) is 1. The van der Waals surface area contributed by atoms with E-state index in [1.165, 1.54) is 31.4 Å². The van der Waals surface area contributed by atoms with Gasteiger partial charge in [0.05, 0.1) is 0 Å². The van der Waals surface area contributed by atoms with Crippen molar-refractivity contribution >= 4 is 5.84 Å². The van der Waals surface area contributed by atoms with Crippen LogP contribution in [0.1, 0.15) is 30.4 Å². The lowest BCUT2D eigenvalue weighted by Gasteiger charge is -2.26. The molecular formula is C14H19N3. The Morgan fingerprint density at radius 1 is 1.41 bits per heavy atom. The van der Waals surface area contributed by atoms with Crippen LogP contribution in [0.15, 0.2) is 24.3 Å². The van der Waals surface area contributed by atoms with Gasteiger partial charge in [-0.15, -0.1) is 0 Å². The van der Waals surface area contributed by atoms with Crippen LogP contribution in [-0.2, 0) is 6.54 Å². The van der Waals surface area contributed by atoms with Crippen molar-refractivity contribution in [3.8, 4) is 0 Å². The molecule has 3 nitrogen and oxygen atoms in total. The number of likely N-dealkylation sites (tertiary alicyclic amines) is 1. The lowest BCUT2D eigenvalue weighted by molar-refractivity contribution is 0.205. The highest BCUT2D eigenvalue weighted by atomic mass is 15.2. The molecule has 17 heavy (non-hydrogen) atoms. The summed E-state index contributed by atoms with van der Waals surface area (Å²) in [4.78, 5) is 2.59. The summed E-state index contributed by atoms with van der Waals surface area (Å²) in [5.41, 5.74) is 7.64. The molecule has 3 rings (SSSR count). The van der Waals surface area contributed by atoms with Gasteiger partial charge in [0.2, 0.25) is 0 Å². The van der Waals surface area contributed by atoms with E-state index in [2.05, 4.69) is 11.0 Å². The van der Waals surface area contributed by atoms with Gasteiger partial charge in [-0.1, -0.05) is 18.2 Å². The van der Waals surface area contributed by atoms with Gasteiger partial charge in [0.25, 0.3) is 0 Å². The number of hydrogen-bond donors (Lipinski definition) is 2. The predicted molar refractivity (Wildman–Crippen MR) is 69.0 cm³/mol. The first-order valence-corrected chi connectivity index (χ1v) is 6.40. The Labute approximate surface area is 102 Å². The molecule has 3 heteroatoms. The molecular weight excluding hydrogens is 210 g/mol. The molecule has 2 unspecified atom stereocenters. The van der Waals surface area contributed by atoms with Crippen molar-refractivity contribution in [2.24, 2.45) is 11.7 Å². The third kappa shape index (κ3) is 2.07. The fourth-order valence-corrected chi connectivity index (χ4v) is 3.29. The molecule has 1 saturated carbocycles. The van der Waals surface area contributed by atoms with Crippen molar-refractivity contribution in [1.29, 1.82) is 5.41 Å². The zero-order chi connectivity index (χ0) is 11.8. The van der Waals surface area contributed by atoms with E-state index in [1.54, 1.807) is 0 Å². The Kier molecular flexibility index (Phi) is 2.63. The Balaban J connectivity index is 1.73. The molecule has 1 saturated heterocycles. The normalized spacial score (nSPS) is 27.5. The Hall–Kier alpha value is -1.35. The molecule has 2 aliphatic rings. The second-order valence-electron chi connectivity index (χ2n) is 5.38. The standard InChI is InChI=1S/C14H19N3/c15-14(16)12-3-1-2-10(6-12)8-17-9-11-4-5-13(17)7-11/h1-3,6,11,13H,4-5,7-9H2,(H3,15,16). The molecule has 90 valence electrons.